The summed E-state index contributed by atoms with van der Waals surface area (Å²) in [5.41, 5.74) is -0.931. The summed E-state index contributed by atoms with van der Waals surface area (Å²) >= 11 is 0. The average molecular weight is 423 g/mol. The molecule has 0 aromatic carbocycles. The van der Waals surface area contributed by atoms with Crippen LogP contribution in [0.2, 0.25) is 0 Å². The SMILES string of the molecule is COC1OC2CC3C(C)(C4CC5CCOC5O4)C(C)CC(OC(C)=O)C13C1(CO1)C2. The van der Waals surface area contributed by atoms with Gasteiger partial charge in [0.15, 0.2) is 12.6 Å². The van der Waals surface area contributed by atoms with E-state index in [2.05, 4.69) is 13.8 Å². The van der Waals surface area contributed by atoms with E-state index >= 15 is 0 Å². The molecule has 5 aliphatic heterocycles. The van der Waals surface area contributed by atoms with Crippen molar-refractivity contribution in [3.63, 3.8) is 0 Å². The molecule has 0 radical (unpaired) electrons. The average Bonchev–Trinajstić information content (AvgIpc) is 3.12. The van der Waals surface area contributed by atoms with Crippen molar-refractivity contribution in [3.05, 3.63) is 0 Å². The minimum atomic E-state index is -0.509. The van der Waals surface area contributed by atoms with Crippen molar-refractivity contribution in [2.45, 2.75) is 89.4 Å². The second kappa shape index (κ2) is 6.41. The van der Waals surface area contributed by atoms with Gasteiger partial charge in [0.05, 0.1) is 30.8 Å². The number of ether oxygens (including phenoxy) is 6. The van der Waals surface area contributed by atoms with E-state index in [1.807, 2.05) is 0 Å². The van der Waals surface area contributed by atoms with Crippen LogP contribution in [-0.2, 0) is 33.2 Å². The van der Waals surface area contributed by atoms with Gasteiger partial charge < -0.3 is 28.4 Å². The molecule has 2 bridgehead atoms. The molecule has 0 N–H and O–H groups in total. The van der Waals surface area contributed by atoms with Crippen LogP contribution in [0.15, 0.2) is 0 Å². The molecular weight excluding hydrogens is 388 g/mol. The molecule has 7 heteroatoms. The van der Waals surface area contributed by atoms with Gasteiger partial charge in [-0.1, -0.05) is 13.8 Å². The Kier molecular flexibility index (Phi) is 4.26. The zero-order valence-electron chi connectivity index (χ0n) is 18.4. The fourth-order valence-corrected chi connectivity index (χ4v) is 8.20. The molecule has 11 unspecified atom stereocenters. The van der Waals surface area contributed by atoms with E-state index in [1.54, 1.807) is 7.11 Å². The van der Waals surface area contributed by atoms with Gasteiger partial charge in [-0.2, -0.15) is 0 Å². The number of hydrogen-bond acceptors (Lipinski definition) is 7. The summed E-state index contributed by atoms with van der Waals surface area (Å²) in [6.45, 7) is 7.68. The molecule has 7 rings (SSSR count). The highest BCUT2D eigenvalue weighted by Crippen LogP contribution is 2.74. The molecule has 2 aliphatic carbocycles. The molecule has 30 heavy (non-hydrogen) atoms. The van der Waals surface area contributed by atoms with Crippen LogP contribution < -0.4 is 0 Å². The van der Waals surface area contributed by atoms with Gasteiger partial charge in [0.1, 0.15) is 11.7 Å². The lowest BCUT2D eigenvalue weighted by Gasteiger charge is -2.69. The lowest BCUT2D eigenvalue weighted by atomic mass is 9.40. The van der Waals surface area contributed by atoms with Crippen LogP contribution in [0.4, 0.5) is 0 Å². The Bertz CT molecular complexity index is 725. The van der Waals surface area contributed by atoms with Crippen molar-refractivity contribution in [1.29, 1.82) is 0 Å². The smallest absolute Gasteiger partial charge is 0.302 e. The van der Waals surface area contributed by atoms with Crippen LogP contribution in [0.3, 0.4) is 0 Å². The maximum Gasteiger partial charge on any atom is 0.302 e. The van der Waals surface area contributed by atoms with Crippen molar-refractivity contribution in [2.24, 2.45) is 28.6 Å². The predicted octanol–water partition coefficient (Wildman–Crippen LogP) is 2.65. The number of carbonyl (C=O) groups is 1. The molecule has 7 aliphatic rings. The molecule has 11 atom stereocenters. The Hall–Kier alpha value is -0.730. The number of rotatable bonds is 3. The van der Waals surface area contributed by atoms with Crippen molar-refractivity contribution < 1.29 is 33.2 Å². The van der Waals surface area contributed by atoms with Gasteiger partial charge in [-0.15, -0.1) is 0 Å². The topological polar surface area (TPSA) is 75.8 Å². The van der Waals surface area contributed by atoms with E-state index in [0.717, 1.165) is 38.7 Å². The summed E-state index contributed by atoms with van der Waals surface area (Å²) in [6, 6.07) is 0. The highest BCUT2D eigenvalue weighted by Gasteiger charge is 2.82. The molecule has 0 aromatic heterocycles. The van der Waals surface area contributed by atoms with Crippen LogP contribution in [-0.4, -0.2) is 62.8 Å². The molecule has 7 nitrogen and oxygen atoms in total. The Morgan fingerprint density at radius 1 is 1.17 bits per heavy atom. The van der Waals surface area contributed by atoms with Gasteiger partial charge in [-0.25, -0.2) is 0 Å². The number of carbonyl (C=O) groups excluding carboxylic acids is 1. The number of esters is 1. The highest BCUT2D eigenvalue weighted by molar-refractivity contribution is 5.66. The molecule has 5 saturated heterocycles. The molecule has 0 amide bonds. The first-order valence-electron chi connectivity index (χ1n) is 11.6. The third-order valence-electron chi connectivity index (χ3n) is 9.72. The first-order valence-corrected chi connectivity index (χ1v) is 11.6. The molecule has 2 saturated carbocycles. The fraction of sp³-hybridized carbons (Fsp3) is 0.957. The molecule has 5 heterocycles. The van der Waals surface area contributed by atoms with E-state index in [0.29, 0.717) is 18.4 Å². The molecule has 168 valence electrons. The van der Waals surface area contributed by atoms with Crippen molar-refractivity contribution in [1.82, 2.24) is 0 Å². The summed E-state index contributed by atoms with van der Waals surface area (Å²) in [5, 5.41) is 0. The fourth-order valence-electron chi connectivity index (χ4n) is 8.20. The minimum absolute atomic E-state index is 0.0671. The summed E-state index contributed by atoms with van der Waals surface area (Å²) in [7, 11) is 1.71. The van der Waals surface area contributed by atoms with E-state index in [1.165, 1.54) is 6.92 Å². The summed E-state index contributed by atoms with van der Waals surface area (Å²) in [4.78, 5) is 12.2. The van der Waals surface area contributed by atoms with Crippen LogP contribution in [0, 0.1) is 28.6 Å². The van der Waals surface area contributed by atoms with E-state index in [9.17, 15) is 4.79 Å². The van der Waals surface area contributed by atoms with Crippen LogP contribution in [0.1, 0.15) is 52.9 Å². The third-order valence-corrected chi connectivity index (χ3v) is 9.72. The van der Waals surface area contributed by atoms with Gasteiger partial charge in [0.25, 0.3) is 0 Å². The second-order valence-electron chi connectivity index (χ2n) is 10.8. The quantitative estimate of drug-likeness (QED) is 0.511. The van der Waals surface area contributed by atoms with Gasteiger partial charge >= 0.3 is 5.97 Å². The van der Waals surface area contributed by atoms with Gasteiger partial charge in [0, 0.05) is 31.8 Å². The first kappa shape index (κ1) is 19.9. The van der Waals surface area contributed by atoms with Crippen molar-refractivity contribution in [3.8, 4) is 0 Å². The zero-order chi connectivity index (χ0) is 20.9. The maximum absolute atomic E-state index is 12.2. The normalized spacial score (nSPS) is 58.5. The van der Waals surface area contributed by atoms with Crippen LogP contribution in [0.5, 0.6) is 0 Å². The van der Waals surface area contributed by atoms with E-state index < -0.39 is 11.7 Å². The number of epoxide rings is 1. The monoisotopic (exact) mass is 422 g/mol. The van der Waals surface area contributed by atoms with Gasteiger partial charge in [-0.05, 0) is 37.5 Å². The first-order chi connectivity index (χ1) is 14.3. The molecular formula is C23H34O7. The number of methoxy groups -OCH3 is 1. The van der Waals surface area contributed by atoms with Gasteiger partial charge in [0.2, 0.25) is 0 Å². The van der Waals surface area contributed by atoms with E-state index in [-0.39, 0.29) is 47.5 Å². The van der Waals surface area contributed by atoms with Crippen molar-refractivity contribution >= 4 is 5.97 Å². The standard InChI is InChI=1S/C23H34O7/c1-12-7-18(28-13(2)24)23-16(9-15(29-20(23)25-4)10-22(23)11-27-22)21(12,3)17-8-14-5-6-26-19(14)30-17/h12,14-20H,5-11H2,1-4H3. The second-order valence-corrected chi connectivity index (χ2v) is 10.8. The van der Waals surface area contributed by atoms with E-state index in [4.69, 9.17) is 28.4 Å². The lowest BCUT2D eigenvalue weighted by Crippen LogP contribution is -2.76. The number of hydrogen-bond donors (Lipinski definition) is 0. The molecule has 2 spiro atoms. The summed E-state index contributed by atoms with van der Waals surface area (Å²) in [5.74, 6) is 0.792. The van der Waals surface area contributed by atoms with Gasteiger partial charge in [-0.3, -0.25) is 4.79 Å². The van der Waals surface area contributed by atoms with Crippen LogP contribution >= 0.6 is 0 Å². The lowest BCUT2D eigenvalue weighted by molar-refractivity contribution is -0.380. The Balaban J connectivity index is 1.46. The Labute approximate surface area is 178 Å². The highest BCUT2D eigenvalue weighted by atomic mass is 16.7. The van der Waals surface area contributed by atoms with Crippen LogP contribution in [0.25, 0.3) is 0 Å². The Morgan fingerprint density at radius 2 is 1.97 bits per heavy atom. The Morgan fingerprint density at radius 3 is 2.63 bits per heavy atom. The summed E-state index contributed by atoms with van der Waals surface area (Å²) < 4.78 is 37.1. The zero-order valence-corrected chi connectivity index (χ0v) is 18.4. The maximum atomic E-state index is 12.2. The minimum Gasteiger partial charge on any atom is -0.462 e. The summed E-state index contributed by atoms with van der Waals surface area (Å²) in [6.07, 6.45) is 4.10. The molecule has 7 fully saturated rings. The predicted molar refractivity (Wildman–Crippen MR) is 104 cm³/mol. The largest absolute Gasteiger partial charge is 0.462 e. The third kappa shape index (κ3) is 2.31. The molecule has 0 aromatic rings. The van der Waals surface area contributed by atoms with Crippen molar-refractivity contribution in [2.75, 3.05) is 20.3 Å². The number of fused-ring (bicyclic) bond motifs is 2.